The average molecular weight is 274 g/mol. The second kappa shape index (κ2) is 6.82. The van der Waals surface area contributed by atoms with Gasteiger partial charge in [-0.25, -0.2) is 9.23 Å². The molecule has 2 rings (SSSR count). The van der Waals surface area contributed by atoms with E-state index >= 15 is 0 Å². The van der Waals surface area contributed by atoms with Gasteiger partial charge in [0.25, 0.3) is 0 Å². The lowest BCUT2D eigenvalue weighted by Gasteiger charge is -2.05. The lowest BCUT2D eigenvalue weighted by atomic mass is 10.2. The van der Waals surface area contributed by atoms with E-state index in [1.165, 1.54) is 12.1 Å². The minimum absolute atomic E-state index is 0.253. The van der Waals surface area contributed by atoms with E-state index in [1.807, 2.05) is 19.1 Å². The molecule has 0 radical (unpaired) electrons. The third kappa shape index (κ3) is 4.48. The highest BCUT2D eigenvalue weighted by molar-refractivity contribution is 5.15. The summed E-state index contributed by atoms with van der Waals surface area (Å²) in [5, 5.41) is 0. The first-order valence-corrected chi connectivity index (χ1v) is 6.30. The number of hydrogen-bond acceptors (Lipinski definition) is 2. The van der Waals surface area contributed by atoms with Crippen LogP contribution in [0.4, 0.5) is 4.39 Å². The molecular formula is C16H17FNO2+. The number of ether oxygens (including phenoxy) is 1. The molecule has 0 saturated heterocycles. The van der Waals surface area contributed by atoms with E-state index in [-0.39, 0.29) is 12.4 Å². The first-order valence-electron chi connectivity index (χ1n) is 6.30. The SMILES string of the molecule is C=C(COCc1ccc(F)cc1)O[n+]1ccc(C)cc1. The number of aryl methyl sites for hydroxylation is 1. The van der Waals surface area contributed by atoms with Crippen molar-refractivity contribution in [2.45, 2.75) is 13.5 Å². The molecule has 104 valence electrons. The fourth-order valence-corrected chi connectivity index (χ4v) is 1.59. The monoisotopic (exact) mass is 274 g/mol. The summed E-state index contributed by atoms with van der Waals surface area (Å²) in [4.78, 5) is 5.46. The van der Waals surface area contributed by atoms with Crippen LogP contribution in [0.1, 0.15) is 11.1 Å². The van der Waals surface area contributed by atoms with Crippen LogP contribution < -0.4 is 9.57 Å². The minimum Gasteiger partial charge on any atom is -0.369 e. The van der Waals surface area contributed by atoms with Crippen LogP contribution in [0.25, 0.3) is 0 Å². The number of benzene rings is 1. The van der Waals surface area contributed by atoms with E-state index in [9.17, 15) is 4.39 Å². The van der Waals surface area contributed by atoms with E-state index in [0.29, 0.717) is 12.4 Å². The van der Waals surface area contributed by atoms with Gasteiger partial charge in [-0.15, -0.1) is 0 Å². The van der Waals surface area contributed by atoms with Crippen molar-refractivity contribution >= 4 is 0 Å². The molecule has 0 atom stereocenters. The Hall–Kier alpha value is -2.20. The molecule has 0 saturated carbocycles. The van der Waals surface area contributed by atoms with Crippen molar-refractivity contribution in [2.75, 3.05) is 6.61 Å². The third-order valence-electron chi connectivity index (χ3n) is 2.65. The van der Waals surface area contributed by atoms with Crippen LogP contribution in [-0.4, -0.2) is 6.61 Å². The Kier molecular flexibility index (Phi) is 4.85. The van der Waals surface area contributed by atoms with Crippen LogP contribution in [0.2, 0.25) is 0 Å². The lowest BCUT2D eigenvalue weighted by Crippen LogP contribution is -2.41. The summed E-state index contributed by atoms with van der Waals surface area (Å²) in [5.74, 6) is 0.248. The fourth-order valence-electron chi connectivity index (χ4n) is 1.59. The van der Waals surface area contributed by atoms with Gasteiger partial charge in [0.05, 0.1) is 6.61 Å². The summed E-state index contributed by atoms with van der Waals surface area (Å²) >= 11 is 0. The van der Waals surface area contributed by atoms with Gasteiger partial charge in [-0.3, -0.25) is 0 Å². The van der Waals surface area contributed by atoms with Crippen molar-refractivity contribution in [1.29, 1.82) is 0 Å². The summed E-state index contributed by atoms with van der Waals surface area (Å²) < 4.78 is 19.8. The predicted octanol–water partition coefficient (Wildman–Crippen LogP) is 2.58. The Balaban J connectivity index is 1.75. The zero-order chi connectivity index (χ0) is 14.4. The highest BCUT2D eigenvalue weighted by Crippen LogP contribution is 2.04. The van der Waals surface area contributed by atoms with Gasteiger partial charge in [0.15, 0.2) is 5.76 Å². The molecule has 0 amide bonds. The Bertz CT molecular complexity index is 564. The summed E-state index contributed by atoms with van der Waals surface area (Å²) in [7, 11) is 0. The smallest absolute Gasteiger partial charge is 0.223 e. The molecule has 0 unspecified atom stereocenters. The molecule has 0 fully saturated rings. The highest BCUT2D eigenvalue weighted by atomic mass is 19.1. The lowest BCUT2D eigenvalue weighted by molar-refractivity contribution is -0.880. The van der Waals surface area contributed by atoms with Gasteiger partial charge in [-0.1, -0.05) is 18.7 Å². The summed E-state index contributed by atoms with van der Waals surface area (Å²) in [6, 6.07) is 10.1. The van der Waals surface area contributed by atoms with Gasteiger partial charge in [0.2, 0.25) is 12.4 Å². The quantitative estimate of drug-likeness (QED) is 0.597. The number of aromatic nitrogens is 1. The topological polar surface area (TPSA) is 22.3 Å². The molecule has 3 nitrogen and oxygen atoms in total. The second-order valence-electron chi connectivity index (χ2n) is 4.48. The Labute approximate surface area is 117 Å². The average Bonchev–Trinajstić information content (AvgIpc) is 2.44. The molecule has 0 aliphatic carbocycles. The molecule has 1 heterocycles. The van der Waals surface area contributed by atoms with E-state index in [2.05, 4.69) is 6.58 Å². The zero-order valence-corrected chi connectivity index (χ0v) is 11.4. The Morgan fingerprint density at radius 3 is 2.45 bits per heavy atom. The van der Waals surface area contributed by atoms with E-state index < -0.39 is 0 Å². The fraction of sp³-hybridized carbons (Fsp3) is 0.188. The highest BCUT2D eigenvalue weighted by Gasteiger charge is 2.05. The maximum atomic E-state index is 12.7. The van der Waals surface area contributed by atoms with Crippen molar-refractivity contribution < 1.29 is 18.7 Å². The largest absolute Gasteiger partial charge is 0.369 e. The van der Waals surface area contributed by atoms with Crippen LogP contribution >= 0.6 is 0 Å². The molecule has 0 aliphatic rings. The molecule has 0 aliphatic heterocycles. The van der Waals surface area contributed by atoms with Gasteiger partial charge in [0.1, 0.15) is 12.4 Å². The standard InChI is InChI=1S/C16H17FNO2/c1-13-7-9-18(10-8-13)20-14(2)11-19-12-15-3-5-16(17)6-4-15/h3-10H,2,11-12H2,1H3/q+1. The van der Waals surface area contributed by atoms with Crippen LogP contribution in [0.5, 0.6) is 0 Å². The van der Waals surface area contributed by atoms with Gasteiger partial charge in [-0.05, 0) is 30.2 Å². The van der Waals surface area contributed by atoms with Crippen molar-refractivity contribution in [3.63, 3.8) is 0 Å². The number of pyridine rings is 1. The minimum atomic E-state index is -0.253. The molecule has 2 aromatic rings. The third-order valence-corrected chi connectivity index (χ3v) is 2.65. The summed E-state index contributed by atoms with van der Waals surface area (Å²) in [6.45, 7) is 6.46. The molecule has 20 heavy (non-hydrogen) atoms. The number of halogens is 1. The zero-order valence-electron chi connectivity index (χ0n) is 11.4. The maximum absolute atomic E-state index is 12.7. The summed E-state index contributed by atoms with van der Waals surface area (Å²) in [6.07, 6.45) is 3.61. The normalized spacial score (nSPS) is 10.3. The first-order chi connectivity index (χ1) is 9.63. The molecule has 0 spiro atoms. The van der Waals surface area contributed by atoms with Gasteiger partial charge in [0, 0.05) is 16.9 Å². The summed E-state index contributed by atoms with van der Waals surface area (Å²) in [5.41, 5.74) is 2.06. The van der Waals surface area contributed by atoms with Crippen molar-refractivity contribution in [1.82, 2.24) is 0 Å². The predicted molar refractivity (Wildman–Crippen MR) is 73.2 cm³/mol. The molecule has 4 heteroatoms. The van der Waals surface area contributed by atoms with Gasteiger partial charge < -0.3 is 4.74 Å². The molecule has 1 aromatic carbocycles. The molecular weight excluding hydrogens is 257 g/mol. The van der Waals surface area contributed by atoms with Crippen LogP contribution in [0, 0.1) is 12.7 Å². The van der Waals surface area contributed by atoms with Crippen molar-refractivity contribution in [3.05, 3.63) is 78.1 Å². The van der Waals surface area contributed by atoms with Crippen LogP contribution in [0.3, 0.4) is 0 Å². The number of nitrogens with zero attached hydrogens (tertiary/aromatic N) is 1. The first kappa shape index (κ1) is 14.2. The van der Waals surface area contributed by atoms with E-state index in [1.54, 1.807) is 29.3 Å². The number of hydrogen-bond donors (Lipinski definition) is 0. The van der Waals surface area contributed by atoms with E-state index in [4.69, 9.17) is 9.57 Å². The Morgan fingerprint density at radius 2 is 1.80 bits per heavy atom. The van der Waals surface area contributed by atoms with Crippen molar-refractivity contribution in [3.8, 4) is 0 Å². The maximum Gasteiger partial charge on any atom is 0.223 e. The van der Waals surface area contributed by atoms with Crippen LogP contribution in [0.15, 0.2) is 61.1 Å². The van der Waals surface area contributed by atoms with Gasteiger partial charge >= 0.3 is 0 Å². The molecule has 1 aromatic heterocycles. The molecule has 0 bridgehead atoms. The van der Waals surface area contributed by atoms with Gasteiger partial charge in [-0.2, -0.15) is 0 Å². The number of rotatable bonds is 6. The van der Waals surface area contributed by atoms with Crippen LogP contribution in [-0.2, 0) is 11.3 Å². The molecule has 0 N–H and O–H groups in total. The second-order valence-corrected chi connectivity index (χ2v) is 4.48. The van der Waals surface area contributed by atoms with Crippen molar-refractivity contribution in [2.24, 2.45) is 0 Å². The Morgan fingerprint density at radius 1 is 1.15 bits per heavy atom. The van der Waals surface area contributed by atoms with E-state index in [0.717, 1.165) is 11.1 Å².